The van der Waals surface area contributed by atoms with Gasteiger partial charge in [-0.2, -0.15) is 0 Å². The van der Waals surface area contributed by atoms with E-state index in [9.17, 15) is 0 Å². The molecule has 1 radical (unpaired) electrons. The summed E-state index contributed by atoms with van der Waals surface area (Å²) in [6, 6.07) is 67.1. The molecule has 9 heteroatoms. The minimum atomic E-state index is 0. The third-order valence-electron chi connectivity index (χ3n) is 12.2. The number of aromatic amines is 2. The standard InChI is InChI=1S/C56H34N8.Cu/c1-5-19-33(20-6-1)43-44(34-21-7-2-8-22-34)46(36-25-11-4-12-26-36)48-47(45(43)35-23-9-3-10-24-35)55-62-53-41-31-17-15-29-39(41)51(60-53)58-49-37-27-13-14-28-38(37)50(57-49)59-52-40-30-16-18-32-42(40)54(61-52)63-56(48)64-55;/h1-32H,(H2,57,58,59,60,61,62,63,64);. The Hall–Kier alpha value is -8.36. The third kappa shape index (κ3) is 6.20. The molecule has 2 aliphatic heterocycles. The number of rotatable bonds is 4. The van der Waals surface area contributed by atoms with Crippen LogP contribution in [0.5, 0.6) is 0 Å². The van der Waals surface area contributed by atoms with E-state index in [4.69, 9.17) is 29.9 Å². The van der Waals surface area contributed by atoms with Crippen LogP contribution in [0.25, 0.3) is 134 Å². The minimum Gasteiger partial charge on any atom is -0.324 e. The predicted octanol–water partition coefficient (Wildman–Crippen LogP) is 13.5. The molecule has 3 aromatic heterocycles. The molecule has 2 N–H and O–H groups in total. The molecule has 65 heavy (non-hydrogen) atoms. The molecule has 0 amide bonds. The smallest absolute Gasteiger partial charge is 0.164 e. The Labute approximate surface area is 383 Å². The van der Waals surface area contributed by atoms with Crippen molar-refractivity contribution in [2.45, 2.75) is 0 Å². The fourth-order valence-corrected chi connectivity index (χ4v) is 9.47. The van der Waals surface area contributed by atoms with E-state index in [-0.39, 0.29) is 17.1 Å². The molecule has 0 unspecified atom stereocenters. The van der Waals surface area contributed by atoms with Crippen LogP contribution in [0.3, 0.4) is 0 Å². The summed E-state index contributed by atoms with van der Waals surface area (Å²) in [4.78, 5) is 39.5. The number of aromatic nitrogens is 8. The molecule has 5 heterocycles. The number of benzene rings is 8. The molecule has 0 saturated carbocycles. The first-order valence-corrected chi connectivity index (χ1v) is 21.3. The van der Waals surface area contributed by atoms with Gasteiger partial charge in [0, 0.05) is 72.0 Å². The first kappa shape index (κ1) is 38.3. The first-order valence-electron chi connectivity index (χ1n) is 21.3. The third-order valence-corrected chi connectivity index (χ3v) is 12.2. The minimum absolute atomic E-state index is 0. The van der Waals surface area contributed by atoms with Gasteiger partial charge in [0.05, 0.1) is 0 Å². The molecule has 11 aromatic rings. The molecular formula is C56H34CuN8. The molecule has 0 spiro atoms. The van der Waals surface area contributed by atoms with Crippen molar-refractivity contribution < 1.29 is 17.1 Å². The Morgan fingerprint density at radius 3 is 0.846 bits per heavy atom. The summed E-state index contributed by atoms with van der Waals surface area (Å²) < 4.78 is 0. The van der Waals surface area contributed by atoms with Crippen molar-refractivity contribution >= 4 is 44.1 Å². The molecule has 8 aromatic carbocycles. The summed E-state index contributed by atoms with van der Waals surface area (Å²) in [7, 11) is 0. The quantitative estimate of drug-likeness (QED) is 0.170. The molecule has 0 atom stereocenters. The zero-order chi connectivity index (χ0) is 42.1. The second-order valence-corrected chi connectivity index (χ2v) is 16.0. The molecule has 0 fully saturated rings. The van der Waals surface area contributed by atoms with Crippen LogP contribution in [0.4, 0.5) is 0 Å². The Bertz CT molecular complexity index is 3580. The monoisotopic (exact) mass is 881 g/mol. The summed E-state index contributed by atoms with van der Waals surface area (Å²) in [5.41, 5.74) is 14.6. The van der Waals surface area contributed by atoms with Crippen molar-refractivity contribution in [1.82, 2.24) is 39.9 Å². The van der Waals surface area contributed by atoms with Gasteiger partial charge < -0.3 is 9.97 Å². The summed E-state index contributed by atoms with van der Waals surface area (Å²) in [5.74, 6) is 2.21. The van der Waals surface area contributed by atoms with Crippen LogP contribution in [0, 0.1) is 0 Å². The van der Waals surface area contributed by atoms with Crippen LogP contribution in [-0.2, 0) is 17.1 Å². The van der Waals surface area contributed by atoms with Crippen molar-refractivity contribution in [1.29, 1.82) is 0 Å². The van der Waals surface area contributed by atoms with E-state index in [1.807, 2.05) is 36.4 Å². The van der Waals surface area contributed by atoms with E-state index in [1.165, 1.54) is 0 Å². The molecule has 8 bridgehead atoms. The average molecular weight is 882 g/mol. The van der Waals surface area contributed by atoms with Gasteiger partial charge in [-0.3, -0.25) is 0 Å². The Balaban J connectivity index is 0.00000444. The summed E-state index contributed by atoms with van der Waals surface area (Å²) in [6.07, 6.45) is 0. The fraction of sp³-hybridized carbons (Fsp3) is 0. The van der Waals surface area contributed by atoms with E-state index in [0.29, 0.717) is 45.9 Å². The second kappa shape index (κ2) is 15.5. The van der Waals surface area contributed by atoms with Gasteiger partial charge in [0.25, 0.3) is 0 Å². The van der Waals surface area contributed by atoms with E-state index >= 15 is 0 Å². The largest absolute Gasteiger partial charge is 0.324 e. The van der Waals surface area contributed by atoms with Crippen LogP contribution in [0.15, 0.2) is 194 Å². The van der Waals surface area contributed by atoms with E-state index in [1.54, 1.807) is 0 Å². The Morgan fingerprint density at radius 1 is 0.246 bits per heavy atom. The van der Waals surface area contributed by atoms with E-state index in [0.717, 1.165) is 88.3 Å². The van der Waals surface area contributed by atoms with Crippen LogP contribution >= 0.6 is 0 Å². The number of nitrogens with one attached hydrogen (secondary N) is 2. The van der Waals surface area contributed by atoms with Gasteiger partial charge in [-0.15, -0.1) is 0 Å². The van der Waals surface area contributed by atoms with Crippen LogP contribution in [0.2, 0.25) is 0 Å². The number of hydrogen-bond acceptors (Lipinski definition) is 6. The topological polar surface area (TPSA) is 109 Å². The molecule has 8 nitrogen and oxygen atoms in total. The van der Waals surface area contributed by atoms with Gasteiger partial charge in [-0.1, -0.05) is 194 Å². The van der Waals surface area contributed by atoms with E-state index in [2.05, 4.69) is 168 Å². The van der Waals surface area contributed by atoms with Crippen molar-refractivity contribution in [2.24, 2.45) is 0 Å². The molecular weight excluding hydrogens is 848 g/mol. The van der Waals surface area contributed by atoms with E-state index < -0.39 is 0 Å². The molecule has 0 aliphatic carbocycles. The van der Waals surface area contributed by atoms with Gasteiger partial charge in [0.2, 0.25) is 0 Å². The van der Waals surface area contributed by atoms with Gasteiger partial charge >= 0.3 is 0 Å². The zero-order valence-corrected chi connectivity index (χ0v) is 35.4. The van der Waals surface area contributed by atoms with Gasteiger partial charge in [0.1, 0.15) is 22.6 Å². The summed E-state index contributed by atoms with van der Waals surface area (Å²) >= 11 is 0. The maximum atomic E-state index is 5.57. The van der Waals surface area contributed by atoms with Crippen molar-refractivity contribution in [2.75, 3.05) is 0 Å². The van der Waals surface area contributed by atoms with Gasteiger partial charge in [-0.05, 0) is 33.4 Å². The predicted molar refractivity (Wildman–Crippen MR) is 258 cm³/mol. The average Bonchev–Trinajstić information content (AvgIpc) is 4.10. The molecule has 2 aliphatic rings. The van der Waals surface area contributed by atoms with Crippen LogP contribution < -0.4 is 0 Å². The van der Waals surface area contributed by atoms with Gasteiger partial charge in [0.15, 0.2) is 23.3 Å². The maximum Gasteiger partial charge on any atom is 0.164 e. The second-order valence-electron chi connectivity index (χ2n) is 16.0. The van der Waals surface area contributed by atoms with Crippen molar-refractivity contribution in [3.63, 3.8) is 0 Å². The summed E-state index contributed by atoms with van der Waals surface area (Å²) in [6.45, 7) is 0. The number of hydrogen-bond donors (Lipinski definition) is 2. The summed E-state index contributed by atoms with van der Waals surface area (Å²) in [5, 5.41) is 3.69. The van der Waals surface area contributed by atoms with Gasteiger partial charge in [-0.25, -0.2) is 29.9 Å². The maximum absolute atomic E-state index is 5.57. The first-order chi connectivity index (χ1) is 31.7. The fourth-order valence-electron chi connectivity index (χ4n) is 9.47. The molecule has 0 saturated heterocycles. The van der Waals surface area contributed by atoms with Crippen LogP contribution in [0.1, 0.15) is 0 Å². The molecule has 13 rings (SSSR count). The van der Waals surface area contributed by atoms with Crippen LogP contribution in [-0.4, -0.2) is 39.9 Å². The number of fused-ring (bicyclic) bond motifs is 20. The number of H-pyrrole nitrogens is 2. The normalized spacial score (nSPS) is 11.6. The Morgan fingerprint density at radius 2 is 0.508 bits per heavy atom. The van der Waals surface area contributed by atoms with Crippen molar-refractivity contribution in [3.05, 3.63) is 194 Å². The Kier molecular flexibility index (Phi) is 9.12. The molecule has 309 valence electrons. The number of nitrogens with zero attached hydrogens (tertiary/aromatic N) is 6. The van der Waals surface area contributed by atoms with Crippen molar-refractivity contribution in [3.8, 4) is 90.1 Å². The zero-order valence-electron chi connectivity index (χ0n) is 34.5. The SMILES string of the molecule is [Cu].c1ccc(-c2c(-c3ccccc3)c(-c3ccccc3)c3c4nc5nc(nc6[nH]c(nc7nc(nc([nH]4)c3c2-c2ccccc2)-c2ccccc2-7)c2ccccc62)-c2ccccc2-5)cc1.